The van der Waals surface area contributed by atoms with Gasteiger partial charge in [-0.25, -0.2) is 32.2 Å². The summed E-state index contributed by atoms with van der Waals surface area (Å²) in [4.78, 5) is 33.0. The second kappa shape index (κ2) is 11.1. The van der Waals surface area contributed by atoms with Crippen LogP contribution in [-0.4, -0.2) is 61.5 Å². The first kappa shape index (κ1) is 28.6. The quantitative estimate of drug-likeness (QED) is 0.207. The number of amides is 1. The maximum absolute atomic E-state index is 16.2. The van der Waals surface area contributed by atoms with E-state index in [0.29, 0.717) is 39.1 Å². The number of nitrogens with zero attached hydrogens (tertiary/aromatic N) is 5. The lowest BCUT2D eigenvalue weighted by atomic mass is 9.85. The Labute approximate surface area is 255 Å². The van der Waals surface area contributed by atoms with E-state index in [0.717, 1.165) is 25.5 Å². The summed E-state index contributed by atoms with van der Waals surface area (Å²) in [7, 11) is -3.23. The summed E-state index contributed by atoms with van der Waals surface area (Å²) < 4.78 is 54.2. The number of sulfone groups is 1. The smallest absolute Gasteiger partial charge is 0.227 e. The van der Waals surface area contributed by atoms with Crippen LogP contribution in [0.25, 0.3) is 56.0 Å². The first-order valence-corrected chi connectivity index (χ1v) is 16.3. The number of carbonyl (C=O) groups is 1. The highest BCUT2D eigenvalue weighted by molar-refractivity contribution is 7.90. The molecule has 0 spiro atoms. The first-order chi connectivity index (χ1) is 21.6. The van der Waals surface area contributed by atoms with Crippen molar-refractivity contribution in [2.24, 2.45) is 5.92 Å². The van der Waals surface area contributed by atoms with Gasteiger partial charge in [0.05, 0.1) is 28.5 Å². The van der Waals surface area contributed by atoms with Gasteiger partial charge in [-0.2, -0.15) is 5.10 Å². The third-order valence-electron chi connectivity index (χ3n) is 7.97. The Morgan fingerprint density at radius 3 is 2.64 bits per heavy atom. The van der Waals surface area contributed by atoms with E-state index in [1.807, 2.05) is 0 Å². The molecule has 5 aromatic heterocycles. The maximum Gasteiger partial charge on any atom is 0.227 e. The standard InChI is InChI=1S/C31H26F2N8O3S/c1-45(43,44)8-6-16-9-18(11-20(32)10-16)22-5-7-35-29-26(22)38-30(39-29)27-24-25(33)23(15-36-28(24)41-40-27)19-12-21(14-34-13-19)37-31(42)17-3-2-4-17/h5,7,9-15,17H,2-4,6,8H2,1H3,(H,37,42)(H,35,38,39)(H,36,40,41). The van der Waals surface area contributed by atoms with Crippen molar-refractivity contribution in [3.05, 3.63) is 72.3 Å². The minimum atomic E-state index is -3.23. The molecule has 11 nitrogen and oxygen atoms in total. The van der Waals surface area contributed by atoms with Gasteiger partial charge < -0.3 is 10.3 Å². The molecule has 1 fully saturated rings. The number of carbonyl (C=O) groups excluding carboxylic acids is 1. The van der Waals surface area contributed by atoms with E-state index in [4.69, 9.17) is 0 Å². The normalized spacial score (nSPS) is 13.8. The van der Waals surface area contributed by atoms with Crippen LogP contribution in [-0.2, 0) is 21.1 Å². The summed E-state index contributed by atoms with van der Waals surface area (Å²) in [5, 5.41) is 9.94. The van der Waals surface area contributed by atoms with Crippen LogP contribution in [0.3, 0.4) is 0 Å². The molecule has 0 saturated heterocycles. The van der Waals surface area contributed by atoms with E-state index in [2.05, 4.69) is 40.4 Å². The largest absolute Gasteiger partial charge is 0.335 e. The number of hydrogen-bond donors (Lipinski definition) is 3. The number of pyridine rings is 3. The molecule has 0 unspecified atom stereocenters. The first-order valence-electron chi connectivity index (χ1n) is 14.2. The molecule has 1 saturated carbocycles. The third kappa shape index (κ3) is 5.64. The number of aromatic nitrogens is 7. The van der Waals surface area contributed by atoms with Gasteiger partial charge in [0, 0.05) is 47.5 Å². The fourth-order valence-corrected chi connectivity index (χ4v) is 6.02. The Morgan fingerprint density at radius 1 is 1.02 bits per heavy atom. The average Bonchev–Trinajstić information content (AvgIpc) is 3.60. The van der Waals surface area contributed by atoms with Crippen LogP contribution in [0.4, 0.5) is 14.5 Å². The van der Waals surface area contributed by atoms with Crippen molar-refractivity contribution in [2.75, 3.05) is 17.3 Å². The zero-order chi connectivity index (χ0) is 31.3. The highest BCUT2D eigenvalue weighted by atomic mass is 32.2. The SMILES string of the molecule is CS(=O)(=O)CCc1cc(F)cc(-c2ccnc3nc(-c4[nH]nc5ncc(-c6cncc(NC(=O)C7CCC7)c6)c(F)c45)[nH]c23)c1. The fraction of sp³-hybridized carbons (Fsp3) is 0.226. The zero-order valence-electron chi connectivity index (χ0n) is 23.9. The molecular weight excluding hydrogens is 602 g/mol. The van der Waals surface area contributed by atoms with Gasteiger partial charge >= 0.3 is 0 Å². The van der Waals surface area contributed by atoms with E-state index in [1.165, 1.54) is 36.9 Å². The summed E-state index contributed by atoms with van der Waals surface area (Å²) in [6, 6.07) is 7.71. The number of rotatable bonds is 8. The van der Waals surface area contributed by atoms with Crippen molar-refractivity contribution in [2.45, 2.75) is 25.7 Å². The van der Waals surface area contributed by atoms with Crippen LogP contribution in [0.5, 0.6) is 0 Å². The van der Waals surface area contributed by atoms with Gasteiger partial charge in [0.2, 0.25) is 5.91 Å². The Kier molecular flexibility index (Phi) is 7.07. The van der Waals surface area contributed by atoms with Crippen LogP contribution in [0.1, 0.15) is 24.8 Å². The van der Waals surface area contributed by atoms with Gasteiger partial charge in [-0.15, -0.1) is 0 Å². The molecule has 6 aromatic rings. The molecule has 14 heteroatoms. The molecule has 1 aliphatic rings. The predicted octanol–water partition coefficient (Wildman–Crippen LogP) is 5.23. The van der Waals surface area contributed by atoms with Crippen molar-refractivity contribution in [3.63, 3.8) is 0 Å². The Bertz CT molecular complexity index is 2230. The van der Waals surface area contributed by atoms with E-state index in [-0.39, 0.29) is 52.1 Å². The van der Waals surface area contributed by atoms with Crippen molar-refractivity contribution in [1.29, 1.82) is 0 Å². The van der Waals surface area contributed by atoms with Crippen LogP contribution in [0, 0.1) is 17.6 Å². The highest BCUT2D eigenvalue weighted by Gasteiger charge is 2.26. The monoisotopic (exact) mass is 628 g/mol. The fourth-order valence-electron chi connectivity index (χ4n) is 5.42. The highest BCUT2D eigenvalue weighted by Crippen LogP contribution is 2.35. The number of anilines is 1. The van der Waals surface area contributed by atoms with E-state index < -0.39 is 21.5 Å². The number of aryl methyl sites for hydroxylation is 1. The lowest BCUT2D eigenvalue weighted by molar-refractivity contribution is -0.122. The van der Waals surface area contributed by atoms with Crippen LogP contribution >= 0.6 is 0 Å². The number of benzene rings is 1. The summed E-state index contributed by atoms with van der Waals surface area (Å²) in [6.07, 6.45) is 9.92. The molecule has 1 amide bonds. The molecule has 0 radical (unpaired) electrons. The molecule has 45 heavy (non-hydrogen) atoms. The second-order valence-electron chi connectivity index (χ2n) is 11.2. The number of nitrogens with one attached hydrogen (secondary N) is 3. The molecule has 1 aliphatic carbocycles. The molecule has 0 aliphatic heterocycles. The zero-order valence-corrected chi connectivity index (χ0v) is 24.8. The summed E-state index contributed by atoms with van der Waals surface area (Å²) in [5.41, 5.74) is 3.79. The minimum absolute atomic E-state index is 0.0152. The summed E-state index contributed by atoms with van der Waals surface area (Å²) >= 11 is 0. The topological polar surface area (TPSA) is 159 Å². The van der Waals surface area contributed by atoms with Gasteiger partial charge in [-0.1, -0.05) is 12.5 Å². The average molecular weight is 629 g/mol. The lowest BCUT2D eigenvalue weighted by Gasteiger charge is -2.24. The van der Waals surface area contributed by atoms with E-state index >= 15 is 4.39 Å². The van der Waals surface area contributed by atoms with Gasteiger partial charge in [0.25, 0.3) is 0 Å². The van der Waals surface area contributed by atoms with Crippen molar-refractivity contribution >= 4 is 43.6 Å². The molecular formula is C31H26F2N8O3S. The third-order valence-corrected chi connectivity index (χ3v) is 8.92. The van der Waals surface area contributed by atoms with E-state index in [9.17, 15) is 17.6 Å². The number of halogens is 2. The second-order valence-corrected chi connectivity index (χ2v) is 13.5. The van der Waals surface area contributed by atoms with Crippen LogP contribution in [0.15, 0.2) is 55.1 Å². The summed E-state index contributed by atoms with van der Waals surface area (Å²) in [5.74, 6) is -1.09. The lowest BCUT2D eigenvalue weighted by Crippen LogP contribution is -2.28. The molecule has 5 heterocycles. The molecule has 1 aromatic carbocycles. The number of H-pyrrole nitrogens is 2. The number of imidazole rings is 1. The molecule has 3 N–H and O–H groups in total. The van der Waals surface area contributed by atoms with Gasteiger partial charge in [0.15, 0.2) is 17.1 Å². The Morgan fingerprint density at radius 2 is 1.87 bits per heavy atom. The molecule has 7 rings (SSSR count). The van der Waals surface area contributed by atoms with Gasteiger partial charge in [-0.3, -0.25) is 14.9 Å². The molecule has 0 bridgehead atoms. The number of aromatic amines is 2. The van der Waals surface area contributed by atoms with E-state index in [1.54, 1.807) is 18.2 Å². The Balaban J connectivity index is 1.26. The van der Waals surface area contributed by atoms with Gasteiger partial charge in [-0.05, 0) is 54.7 Å². The van der Waals surface area contributed by atoms with Crippen molar-refractivity contribution in [1.82, 2.24) is 35.1 Å². The molecule has 0 atom stereocenters. The molecule has 228 valence electrons. The maximum atomic E-state index is 16.2. The summed E-state index contributed by atoms with van der Waals surface area (Å²) in [6.45, 7) is 0. The number of hydrogen-bond acceptors (Lipinski definition) is 8. The Hall–Kier alpha value is -5.11. The van der Waals surface area contributed by atoms with Crippen molar-refractivity contribution < 1.29 is 22.0 Å². The minimum Gasteiger partial charge on any atom is -0.335 e. The van der Waals surface area contributed by atoms with Crippen molar-refractivity contribution in [3.8, 4) is 33.8 Å². The number of fused-ring (bicyclic) bond motifs is 2. The van der Waals surface area contributed by atoms with Gasteiger partial charge in [0.1, 0.15) is 27.2 Å². The predicted molar refractivity (Wildman–Crippen MR) is 165 cm³/mol. The van der Waals surface area contributed by atoms with Crippen LogP contribution < -0.4 is 5.32 Å². The van der Waals surface area contributed by atoms with Crippen LogP contribution in [0.2, 0.25) is 0 Å².